The second-order valence-electron chi connectivity index (χ2n) is 1.48. The Balaban J connectivity index is 2.59. The van der Waals surface area contributed by atoms with Crippen LogP contribution in [0.25, 0.3) is 0 Å². The van der Waals surface area contributed by atoms with Crippen LogP contribution in [0.1, 0.15) is 13.3 Å². The normalized spacial score (nSPS) is 20.2. The van der Waals surface area contributed by atoms with Crippen LogP contribution in [0.4, 0.5) is 0 Å². The summed E-state index contributed by atoms with van der Waals surface area (Å²) >= 11 is 0. The molecule has 1 rings (SSSR count). The van der Waals surface area contributed by atoms with Crippen molar-refractivity contribution in [2.45, 2.75) is 13.3 Å². The van der Waals surface area contributed by atoms with Crippen molar-refractivity contribution in [1.82, 2.24) is 0 Å². The molecular weight excluding hydrogens is 58.9 g/mol. The van der Waals surface area contributed by atoms with E-state index in [2.05, 4.69) is 6.92 Å². The van der Waals surface area contributed by atoms with Gasteiger partial charge in [0, 0.05) is 0 Å². The van der Waals surface area contributed by atoms with E-state index in [1.54, 1.807) is 0 Å². The van der Waals surface area contributed by atoms with E-state index in [1.807, 2.05) is 0 Å². The Labute approximate surface area is 33.3 Å². The highest BCUT2D eigenvalue weighted by Crippen LogP contribution is 2.25. The van der Waals surface area contributed by atoms with Crippen LogP contribution in [0.2, 0.25) is 0 Å². The minimum absolute atomic E-state index is 1.08. The maximum atomic E-state index is 5.25. The summed E-state index contributed by atoms with van der Waals surface area (Å²) in [4.78, 5) is 0. The van der Waals surface area contributed by atoms with Crippen LogP contribution in [-0.2, 0) is 0 Å². The summed E-state index contributed by atoms with van der Waals surface area (Å²) in [6, 6.07) is 0. The zero-order chi connectivity index (χ0) is 3.86. The van der Waals surface area contributed by atoms with Crippen molar-refractivity contribution in [2.75, 3.05) is 0 Å². The lowest BCUT2D eigenvalue weighted by Crippen LogP contribution is -1.44. The van der Waals surface area contributed by atoms with E-state index in [9.17, 15) is 0 Å². The van der Waals surface area contributed by atoms with Gasteiger partial charge in [0.2, 0.25) is 0 Å². The molecule has 0 aromatic heterocycles. The Morgan fingerprint density at radius 1 is 1.80 bits per heavy atom. The summed E-state index contributed by atoms with van der Waals surface area (Å²) in [5.41, 5.74) is 2.45. The topological polar surface area (TPSA) is 0 Å². The number of allylic oxidation sites excluding steroid dienone is 2. The molecule has 0 fully saturated rings. The first-order valence-electron chi connectivity index (χ1n) is 1.75. The fourth-order valence-corrected chi connectivity index (χ4v) is 0.241. The zero-order valence-corrected chi connectivity index (χ0v) is 3.28. The molecular formula is C4H5B. The van der Waals surface area contributed by atoms with Gasteiger partial charge in [-0.1, -0.05) is 5.57 Å². The fraction of sp³-hybridized carbons (Fsp3) is 0.500. The highest BCUT2D eigenvalue weighted by molar-refractivity contribution is 6.25. The van der Waals surface area contributed by atoms with Gasteiger partial charge < -0.3 is 0 Å². The van der Waals surface area contributed by atoms with Gasteiger partial charge in [0.1, 0.15) is 7.85 Å². The van der Waals surface area contributed by atoms with E-state index in [4.69, 9.17) is 7.85 Å². The average molecular weight is 63.9 g/mol. The maximum Gasteiger partial charge on any atom is 0.108 e. The third-order valence-electron chi connectivity index (χ3n) is 0.879. The lowest BCUT2D eigenvalue weighted by molar-refractivity contribution is 1.48. The molecule has 0 aromatic rings. The standard InChI is InChI=1S/C4H5B/c1-3-2-4(3)5/h2H2,1H3. The van der Waals surface area contributed by atoms with Gasteiger partial charge in [-0.05, 0) is 13.3 Å². The second kappa shape index (κ2) is 0.646. The molecule has 0 aromatic carbocycles. The van der Waals surface area contributed by atoms with E-state index in [0.29, 0.717) is 0 Å². The van der Waals surface area contributed by atoms with Gasteiger partial charge in [-0.3, -0.25) is 0 Å². The zero-order valence-electron chi connectivity index (χ0n) is 3.28. The Bertz CT molecular complexity index is 71.6. The minimum Gasteiger partial charge on any atom is -0.115 e. The van der Waals surface area contributed by atoms with E-state index in [1.165, 1.54) is 5.57 Å². The molecule has 24 valence electrons. The molecule has 0 bridgehead atoms. The number of hydrogen-bond acceptors (Lipinski definition) is 0. The smallest absolute Gasteiger partial charge is 0.108 e. The van der Waals surface area contributed by atoms with Crippen LogP contribution in [0.5, 0.6) is 0 Å². The van der Waals surface area contributed by atoms with E-state index in [-0.39, 0.29) is 0 Å². The van der Waals surface area contributed by atoms with Gasteiger partial charge in [0.25, 0.3) is 0 Å². The van der Waals surface area contributed by atoms with Crippen LogP contribution in [0.15, 0.2) is 11.0 Å². The molecule has 1 aliphatic carbocycles. The van der Waals surface area contributed by atoms with Crippen molar-refractivity contribution in [3.8, 4) is 0 Å². The van der Waals surface area contributed by atoms with E-state index in [0.717, 1.165) is 11.9 Å². The molecule has 0 nitrogen and oxygen atoms in total. The van der Waals surface area contributed by atoms with Crippen LogP contribution < -0.4 is 0 Å². The van der Waals surface area contributed by atoms with Gasteiger partial charge in [-0.15, -0.1) is 5.47 Å². The summed E-state index contributed by atoms with van der Waals surface area (Å²) in [6.45, 7) is 2.05. The van der Waals surface area contributed by atoms with Crippen molar-refractivity contribution in [3.63, 3.8) is 0 Å². The number of rotatable bonds is 0. The quantitative estimate of drug-likeness (QED) is 0.366. The molecule has 0 amide bonds. The van der Waals surface area contributed by atoms with Crippen LogP contribution in [0, 0.1) is 0 Å². The predicted octanol–water partition coefficient (Wildman–Crippen LogP) is 0.833. The molecule has 2 radical (unpaired) electrons. The van der Waals surface area contributed by atoms with Crippen molar-refractivity contribution in [2.24, 2.45) is 0 Å². The van der Waals surface area contributed by atoms with Gasteiger partial charge in [0.15, 0.2) is 0 Å². The summed E-state index contributed by atoms with van der Waals surface area (Å²) < 4.78 is 0. The predicted molar refractivity (Wildman–Crippen MR) is 23.1 cm³/mol. The summed E-state index contributed by atoms with van der Waals surface area (Å²) in [7, 11) is 5.25. The van der Waals surface area contributed by atoms with Crippen molar-refractivity contribution in [3.05, 3.63) is 11.0 Å². The van der Waals surface area contributed by atoms with Crippen molar-refractivity contribution in [1.29, 1.82) is 0 Å². The van der Waals surface area contributed by atoms with Crippen molar-refractivity contribution < 1.29 is 0 Å². The Kier molecular flexibility index (Phi) is 0.390. The molecule has 0 atom stereocenters. The van der Waals surface area contributed by atoms with Gasteiger partial charge in [0.05, 0.1) is 0 Å². The molecule has 0 saturated carbocycles. The van der Waals surface area contributed by atoms with Gasteiger partial charge >= 0.3 is 0 Å². The second-order valence-corrected chi connectivity index (χ2v) is 1.48. The first kappa shape index (κ1) is 3.01. The van der Waals surface area contributed by atoms with Crippen LogP contribution in [0.3, 0.4) is 0 Å². The Morgan fingerprint density at radius 3 is 2.00 bits per heavy atom. The molecule has 0 heterocycles. The van der Waals surface area contributed by atoms with Gasteiger partial charge in [-0.2, -0.15) is 0 Å². The highest BCUT2D eigenvalue weighted by atomic mass is 14.1. The summed E-state index contributed by atoms with van der Waals surface area (Å²) in [5, 5.41) is 0. The van der Waals surface area contributed by atoms with Crippen LogP contribution >= 0.6 is 0 Å². The van der Waals surface area contributed by atoms with Crippen molar-refractivity contribution >= 4 is 7.85 Å². The SMILES string of the molecule is [B]C1=C(C)C1. The third-order valence-corrected chi connectivity index (χ3v) is 0.879. The molecule has 0 unspecified atom stereocenters. The average Bonchev–Trinajstić information content (AvgIpc) is 1.79. The minimum atomic E-state index is 1.08. The molecule has 0 aliphatic heterocycles. The van der Waals surface area contributed by atoms with E-state index >= 15 is 0 Å². The lowest BCUT2D eigenvalue weighted by atomic mass is 10.1. The largest absolute Gasteiger partial charge is 0.115 e. The third kappa shape index (κ3) is 0.368. The lowest BCUT2D eigenvalue weighted by Gasteiger charge is -1.48. The summed E-state index contributed by atoms with van der Waals surface area (Å²) in [5.74, 6) is 0. The molecule has 0 spiro atoms. The fourth-order valence-electron chi connectivity index (χ4n) is 0.241. The summed E-state index contributed by atoms with van der Waals surface area (Å²) in [6.07, 6.45) is 1.08. The number of hydrogen-bond donors (Lipinski definition) is 0. The first-order valence-corrected chi connectivity index (χ1v) is 1.75. The Hall–Kier alpha value is -0.195. The maximum absolute atomic E-state index is 5.25. The van der Waals surface area contributed by atoms with Gasteiger partial charge in [-0.25, -0.2) is 0 Å². The molecule has 0 saturated heterocycles. The monoisotopic (exact) mass is 64.0 g/mol. The highest BCUT2D eigenvalue weighted by Gasteiger charge is 2.06. The molecule has 5 heavy (non-hydrogen) atoms. The van der Waals surface area contributed by atoms with Crippen LogP contribution in [-0.4, -0.2) is 7.85 Å². The van der Waals surface area contributed by atoms with E-state index < -0.39 is 0 Å². The molecule has 1 aliphatic rings. The Morgan fingerprint density at radius 2 is 2.00 bits per heavy atom. The molecule has 1 heteroatoms. The molecule has 0 N–H and O–H groups in total. The first-order chi connectivity index (χ1) is 2.30.